The summed E-state index contributed by atoms with van der Waals surface area (Å²) in [5, 5.41) is 0. The van der Waals surface area contributed by atoms with E-state index in [9.17, 15) is 0 Å². The van der Waals surface area contributed by atoms with Crippen LogP contribution in [0.2, 0.25) is 0 Å². The van der Waals surface area contributed by atoms with Gasteiger partial charge in [-0.3, -0.25) is 4.98 Å². The van der Waals surface area contributed by atoms with Crippen molar-refractivity contribution in [1.82, 2.24) is 4.98 Å². The third kappa shape index (κ3) is 2.42. The van der Waals surface area contributed by atoms with Crippen molar-refractivity contribution in [2.75, 3.05) is 19.8 Å². The molecule has 0 bridgehead atoms. The van der Waals surface area contributed by atoms with Crippen molar-refractivity contribution in [3.05, 3.63) is 24.0 Å². The summed E-state index contributed by atoms with van der Waals surface area (Å²) in [6, 6.07) is 1.86. The summed E-state index contributed by atoms with van der Waals surface area (Å²) in [5.74, 6) is 0.846. The highest BCUT2D eigenvalue weighted by Crippen LogP contribution is 2.48. The van der Waals surface area contributed by atoms with E-state index >= 15 is 0 Å². The average molecular weight is 235 g/mol. The first kappa shape index (κ1) is 11.0. The lowest BCUT2D eigenvalue weighted by atomic mass is 10.1. The first-order valence-corrected chi connectivity index (χ1v) is 6.04. The Balaban J connectivity index is 1.50. The standard InChI is InChI=1S/C13H17NO3/c1-10-6-14-5-2-11(10)15-7-12-16-8-13(3-4-13)9-17-12/h2,5-6,12H,3-4,7-9H2,1H3. The largest absolute Gasteiger partial charge is 0.488 e. The Labute approximate surface area is 101 Å². The summed E-state index contributed by atoms with van der Waals surface area (Å²) in [5.41, 5.74) is 1.38. The number of hydrogen-bond donors (Lipinski definition) is 0. The molecule has 2 heterocycles. The highest BCUT2D eigenvalue weighted by atomic mass is 16.7. The Morgan fingerprint density at radius 3 is 2.82 bits per heavy atom. The quantitative estimate of drug-likeness (QED) is 0.802. The Hall–Kier alpha value is -1.13. The van der Waals surface area contributed by atoms with Crippen molar-refractivity contribution >= 4 is 0 Å². The fourth-order valence-electron chi connectivity index (χ4n) is 1.97. The average Bonchev–Trinajstić information content (AvgIpc) is 3.10. The Bertz CT molecular complexity index is 393. The van der Waals surface area contributed by atoms with Crippen molar-refractivity contribution in [3.63, 3.8) is 0 Å². The molecule has 4 nitrogen and oxygen atoms in total. The van der Waals surface area contributed by atoms with Gasteiger partial charge in [-0.15, -0.1) is 0 Å². The molecule has 0 unspecified atom stereocenters. The van der Waals surface area contributed by atoms with Crippen LogP contribution in [0.1, 0.15) is 18.4 Å². The minimum Gasteiger partial charge on any atom is -0.488 e. The summed E-state index contributed by atoms with van der Waals surface area (Å²) < 4.78 is 17.0. The first-order valence-electron chi connectivity index (χ1n) is 6.04. The lowest BCUT2D eigenvalue weighted by molar-refractivity contribution is -0.217. The maximum Gasteiger partial charge on any atom is 0.191 e. The van der Waals surface area contributed by atoms with E-state index in [4.69, 9.17) is 14.2 Å². The highest BCUT2D eigenvalue weighted by Gasteiger charge is 2.46. The zero-order valence-corrected chi connectivity index (χ0v) is 10.0. The molecule has 17 heavy (non-hydrogen) atoms. The van der Waals surface area contributed by atoms with Crippen LogP contribution in [-0.2, 0) is 9.47 Å². The molecule has 0 aromatic carbocycles. The third-order valence-corrected chi connectivity index (χ3v) is 3.45. The van der Waals surface area contributed by atoms with Crippen LogP contribution in [-0.4, -0.2) is 31.1 Å². The number of ether oxygens (including phenoxy) is 3. The number of rotatable bonds is 3. The van der Waals surface area contributed by atoms with Gasteiger partial charge in [0.05, 0.1) is 13.2 Å². The van der Waals surface area contributed by atoms with E-state index < -0.39 is 0 Å². The van der Waals surface area contributed by atoms with E-state index in [0.29, 0.717) is 12.0 Å². The van der Waals surface area contributed by atoms with E-state index in [-0.39, 0.29) is 6.29 Å². The number of hydrogen-bond acceptors (Lipinski definition) is 4. The normalized spacial score (nSPS) is 22.6. The van der Waals surface area contributed by atoms with Crippen LogP contribution >= 0.6 is 0 Å². The monoisotopic (exact) mass is 235 g/mol. The molecule has 1 saturated carbocycles. The topological polar surface area (TPSA) is 40.6 Å². The molecule has 1 aliphatic heterocycles. The van der Waals surface area contributed by atoms with Crippen LogP contribution in [0, 0.1) is 12.3 Å². The van der Waals surface area contributed by atoms with Crippen LogP contribution in [0.5, 0.6) is 5.75 Å². The van der Waals surface area contributed by atoms with Gasteiger partial charge in [0.1, 0.15) is 12.4 Å². The summed E-state index contributed by atoms with van der Waals surface area (Å²) in [6.07, 6.45) is 5.77. The number of nitrogens with zero attached hydrogens (tertiary/aromatic N) is 1. The van der Waals surface area contributed by atoms with Crippen LogP contribution in [0.25, 0.3) is 0 Å². The maximum atomic E-state index is 5.67. The smallest absolute Gasteiger partial charge is 0.191 e. The number of pyridine rings is 1. The van der Waals surface area contributed by atoms with Crippen LogP contribution < -0.4 is 4.74 Å². The fourth-order valence-corrected chi connectivity index (χ4v) is 1.97. The van der Waals surface area contributed by atoms with E-state index in [1.54, 1.807) is 12.4 Å². The minimum atomic E-state index is -0.228. The van der Waals surface area contributed by atoms with Crippen molar-refractivity contribution in [1.29, 1.82) is 0 Å². The lowest BCUT2D eigenvalue weighted by Gasteiger charge is -2.29. The summed E-state index contributed by atoms with van der Waals surface area (Å²) in [4.78, 5) is 4.02. The molecule has 1 aromatic rings. The molecular weight excluding hydrogens is 218 g/mol. The zero-order chi connectivity index (χ0) is 11.7. The van der Waals surface area contributed by atoms with Crippen molar-refractivity contribution < 1.29 is 14.2 Å². The van der Waals surface area contributed by atoms with E-state index in [0.717, 1.165) is 24.5 Å². The number of aryl methyl sites for hydroxylation is 1. The van der Waals surface area contributed by atoms with Crippen molar-refractivity contribution in [3.8, 4) is 5.75 Å². The van der Waals surface area contributed by atoms with Crippen LogP contribution in [0.3, 0.4) is 0 Å². The van der Waals surface area contributed by atoms with E-state index in [2.05, 4.69) is 4.98 Å². The van der Waals surface area contributed by atoms with Crippen molar-refractivity contribution in [2.45, 2.75) is 26.1 Å². The molecule has 0 N–H and O–H groups in total. The SMILES string of the molecule is Cc1cnccc1OCC1OCC2(CC2)CO1. The van der Waals surface area contributed by atoms with Crippen LogP contribution in [0.15, 0.2) is 18.5 Å². The predicted octanol–water partition coefficient (Wildman–Crippen LogP) is 1.92. The van der Waals surface area contributed by atoms with Gasteiger partial charge in [0.2, 0.25) is 0 Å². The number of aromatic nitrogens is 1. The molecule has 3 rings (SSSR count). The molecule has 1 aliphatic carbocycles. The minimum absolute atomic E-state index is 0.228. The van der Waals surface area contributed by atoms with Crippen LogP contribution in [0.4, 0.5) is 0 Å². The molecule has 0 radical (unpaired) electrons. The molecule has 1 spiro atoms. The van der Waals surface area contributed by atoms with Gasteiger partial charge in [0, 0.05) is 23.4 Å². The fraction of sp³-hybridized carbons (Fsp3) is 0.615. The molecule has 0 amide bonds. The van der Waals surface area contributed by atoms with Crippen molar-refractivity contribution in [2.24, 2.45) is 5.41 Å². The second kappa shape index (κ2) is 4.27. The van der Waals surface area contributed by atoms with Gasteiger partial charge in [-0.2, -0.15) is 0 Å². The van der Waals surface area contributed by atoms with Gasteiger partial charge in [-0.25, -0.2) is 0 Å². The molecular formula is C13H17NO3. The summed E-state index contributed by atoms with van der Waals surface area (Å²) in [6.45, 7) is 4.05. The van der Waals surface area contributed by atoms with Gasteiger partial charge in [-0.05, 0) is 25.8 Å². The van der Waals surface area contributed by atoms with Gasteiger partial charge < -0.3 is 14.2 Å². The van der Waals surface area contributed by atoms with Gasteiger partial charge >= 0.3 is 0 Å². The molecule has 2 fully saturated rings. The molecule has 2 aliphatic rings. The highest BCUT2D eigenvalue weighted by molar-refractivity contribution is 5.28. The van der Waals surface area contributed by atoms with Gasteiger partial charge in [-0.1, -0.05) is 0 Å². The second-order valence-corrected chi connectivity index (χ2v) is 5.00. The summed E-state index contributed by atoms with van der Waals surface area (Å²) in [7, 11) is 0. The molecule has 1 aromatic heterocycles. The summed E-state index contributed by atoms with van der Waals surface area (Å²) >= 11 is 0. The zero-order valence-electron chi connectivity index (χ0n) is 10.0. The Kier molecular flexibility index (Phi) is 2.76. The molecule has 0 atom stereocenters. The molecule has 1 saturated heterocycles. The van der Waals surface area contributed by atoms with E-state index in [1.807, 2.05) is 13.0 Å². The maximum absolute atomic E-state index is 5.67. The third-order valence-electron chi connectivity index (χ3n) is 3.45. The molecule has 4 heteroatoms. The Morgan fingerprint density at radius 2 is 2.18 bits per heavy atom. The lowest BCUT2D eigenvalue weighted by Crippen LogP contribution is -2.36. The second-order valence-electron chi connectivity index (χ2n) is 5.00. The predicted molar refractivity (Wildman–Crippen MR) is 61.8 cm³/mol. The van der Waals surface area contributed by atoms with Gasteiger partial charge in [0.25, 0.3) is 0 Å². The molecule has 92 valence electrons. The Morgan fingerprint density at radius 1 is 1.41 bits per heavy atom. The van der Waals surface area contributed by atoms with Gasteiger partial charge in [0.15, 0.2) is 6.29 Å². The van der Waals surface area contributed by atoms with E-state index in [1.165, 1.54) is 12.8 Å². The first-order chi connectivity index (χ1) is 8.27.